The largest absolute Gasteiger partial charge is 0.384 e. The number of hydrogen-bond acceptors (Lipinski definition) is 4. The lowest BCUT2D eigenvalue weighted by Crippen LogP contribution is -2.24. The van der Waals surface area contributed by atoms with Crippen LogP contribution in [-0.2, 0) is 4.74 Å². The van der Waals surface area contributed by atoms with Gasteiger partial charge in [0.05, 0.1) is 23.7 Å². The van der Waals surface area contributed by atoms with Crippen molar-refractivity contribution in [2.24, 2.45) is 0 Å². The van der Waals surface area contributed by atoms with E-state index in [-0.39, 0.29) is 6.10 Å². The van der Waals surface area contributed by atoms with Gasteiger partial charge in [0.25, 0.3) is 0 Å². The van der Waals surface area contributed by atoms with Gasteiger partial charge in [-0.15, -0.1) is 5.10 Å². The molecule has 0 aliphatic carbocycles. The highest BCUT2D eigenvalue weighted by molar-refractivity contribution is 5.32. The van der Waals surface area contributed by atoms with Gasteiger partial charge in [0.15, 0.2) is 0 Å². The molecule has 0 saturated carbocycles. The molecule has 0 aliphatic heterocycles. The molecule has 1 aromatic carbocycles. The summed E-state index contributed by atoms with van der Waals surface area (Å²) in [6.45, 7) is 4.59. The van der Waals surface area contributed by atoms with Crippen LogP contribution in [0.5, 0.6) is 0 Å². The topological polar surface area (TPSA) is 60.2 Å². The second-order valence-electron chi connectivity index (χ2n) is 4.63. The number of ether oxygens (including phenoxy) is 1. The first kappa shape index (κ1) is 14.7. The molecular weight excluding hydrogens is 254 g/mol. The molecule has 0 radical (unpaired) electrons. The third-order valence-electron chi connectivity index (χ3n) is 3.19. The molecule has 1 N–H and O–H groups in total. The van der Waals surface area contributed by atoms with E-state index in [9.17, 15) is 5.11 Å². The molecule has 0 amide bonds. The zero-order chi connectivity index (χ0) is 14.4. The standard InChI is InChI=1S/C15H21N3O2/c1-3-8-14(20-4-2)15(19)13-11-16-17-18(13)12-9-6-5-7-10-12/h5-7,9-11,14-15,19H,3-4,8H2,1-2H3. The molecule has 5 heteroatoms. The highest BCUT2D eigenvalue weighted by atomic mass is 16.5. The molecule has 20 heavy (non-hydrogen) atoms. The summed E-state index contributed by atoms with van der Waals surface area (Å²) in [5.74, 6) is 0. The summed E-state index contributed by atoms with van der Waals surface area (Å²) < 4.78 is 7.30. The van der Waals surface area contributed by atoms with Crippen LogP contribution in [0.15, 0.2) is 36.5 Å². The number of nitrogens with zero attached hydrogens (tertiary/aromatic N) is 3. The molecule has 1 aromatic heterocycles. The molecule has 0 aliphatic rings. The van der Waals surface area contributed by atoms with Gasteiger partial charge in [0.1, 0.15) is 6.10 Å². The summed E-state index contributed by atoms with van der Waals surface area (Å²) >= 11 is 0. The lowest BCUT2D eigenvalue weighted by Gasteiger charge is -2.22. The van der Waals surface area contributed by atoms with Gasteiger partial charge < -0.3 is 9.84 Å². The second kappa shape index (κ2) is 7.17. The third-order valence-corrected chi connectivity index (χ3v) is 3.19. The van der Waals surface area contributed by atoms with Gasteiger partial charge in [-0.05, 0) is 25.5 Å². The Hall–Kier alpha value is -1.72. The summed E-state index contributed by atoms with van der Waals surface area (Å²) in [5, 5.41) is 18.5. The Morgan fingerprint density at radius 2 is 2.00 bits per heavy atom. The summed E-state index contributed by atoms with van der Waals surface area (Å²) in [7, 11) is 0. The van der Waals surface area contributed by atoms with Crippen molar-refractivity contribution in [3.05, 3.63) is 42.2 Å². The molecule has 2 rings (SSSR count). The maximum atomic E-state index is 10.5. The molecule has 2 unspecified atom stereocenters. The van der Waals surface area contributed by atoms with Crippen LogP contribution in [-0.4, -0.2) is 32.8 Å². The van der Waals surface area contributed by atoms with Crippen molar-refractivity contribution in [1.29, 1.82) is 0 Å². The van der Waals surface area contributed by atoms with Gasteiger partial charge in [0.2, 0.25) is 0 Å². The molecule has 0 bridgehead atoms. The van der Waals surface area contributed by atoms with Crippen LogP contribution < -0.4 is 0 Å². The average molecular weight is 275 g/mol. The number of aromatic nitrogens is 3. The van der Waals surface area contributed by atoms with E-state index < -0.39 is 6.10 Å². The SMILES string of the molecule is CCCC(OCC)C(O)c1cnnn1-c1ccccc1. The van der Waals surface area contributed by atoms with Gasteiger partial charge in [-0.25, -0.2) is 4.68 Å². The number of aliphatic hydroxyl groups excluding tert-OH is 1. The Labute approximate surface area is 119 Å². The maximum Gasteiger partial charge on any atom is 0.124 e. The van der Waals surface area contributed by atoms with Crippen LogP contribution in [0.25, 0.3) is 5.69 Å². The average Bonchev–Trinajstić information content (AvgIpc) is 2.96. The normalized spacial score (nSPS) is 14.2. The van der Waals surface area contributed by atoms with Gasteiger partial charge in [-0.1, -0.05) is 36.8 Å². The molecule has 2 aromatic rings. The van der Waals surface area contributed by atoms with Gasteiger partial charge >= 0.3 is 0 Å². The van der Waals surface area contributed by atoms with Crippen LogP contribution in [0, 0.1) is 0 Å². The van der Waals surface area contributed by atoms with Gasteiger partial charge in [-0.2, -0.15) is 0 Å². The monoisotopic (exact) mass is 275 g/mol. The van der Waals surface area contributed by atoms with Crippen LogP contribution in [0.3, 0.4) is 0 Å². The molecule has 1 heterocycles. The molecular formula is C15H21N3O2. The van der Waals surface area contributed by atoms with Crippen molar-refractivity contribution >= 4 is 0 Å². The van der Waals surface area contributed by atoms with Crippen LogP contribution in [0.2, 0.25) is 0 Å². The third kappa shape index (κ3) is 3.23. The van der Waals surface area contributed by atoms with E-state index in [4.69, 9.17) is 4.74 Å². The minimum atomic E-state index is -0.731. The van der Waals surface area contributed by atoms with E-state index >= 15 is 0 Å². The van der Waals surface area contributed by atoms with Crippen LogP contribution in [0.4, 0.5) is 0 Å². The Balaban J connectivity index is 2.26. The fourth-order valence-electron chi connectivity index (χ4n) is 2.24. The minimum absolute atomic E-state index is 0.231. The smallest absolute Gasteiger partial charge is 0.124 e. The molecule has 108 valence electrons. The molecule has 0 saturated heterocycles. The Bertz CT molecular complexity index is 507. The number of benzene rings is 1. The van der Waals surface area contributed by atoms with E-state index in [0.717, 1.165) is 18.5 Å². The van der Waals surface area contributed by atoms with E-state index in [1.807, 2.05) is 37.3 Å². The first-order valence-corrected chi connectivity index (χ1v) is 7.03. The first-order valence-electron chi connectivity index (χ1n) is 7.03. The van der Waals surface area contributed by atoms with E-state index in [2.05, 4.69) is 17.2 Å². The lowest BCUT2D eigenvalue weighted by molar-refractivity contribution is -0.0411. The van der Waals surface area contributed by atoms with E-state index in [1.165, 1.54) is 0 Å². The lowest BCUT2D eigenvalue weighted by atomic mass is 10.1. The summed E-state index contributed by atoms with van der Waals surface area (Å²) in [5.41, 5.74) is 1.54. The number of hydrogen-bond donors (Lipinski definition) is 1. The Morgan fingerprint density at radius 3 is 2.65 bits per heavy atom. The highest BCUT2D eigenvalue weighted by Gasteiger charge is 2.24. The van der Waals surface area contributed by atoms with Crippen molar-refractivity contribution in [1.82, 2.24) is 15.0 Å². The van der Waals surface area contributed by atoms with Gasteiger partial charge in [-0.3, -0.25) is 0 Å². The maximum absolute atomic E-state index is 10.5. The van der Waals surface area contributed by atoms with E-state index in [0.29, 0.717) is 12.3 Å². The van der Waals surface area contributed by atoms with Crippen molar-refractivity contribution in [2.75, 3.05) is 6.61 Å². The molecule has 5 nitrogen and oxygen atoms in total. The predicted molar refractivity (Wildman–Crippen MR) is 76.6 cm³/mol. The Kier molecular flexibility index (Phi) is 5.26. The zero-order valence-electron chi connectivity index (χ0n) is 11.9. The number of para-hydroxylation sites is 1. The molecule has 0 spiro atoms. The quantitative estimate of drug-likeness (QED) is 0.843. The van der Waals surface area contributed by atoms with E-state index in [1.54, 1.807) is 10.9 Å². The van der Waals surface area contributed by atoms with Crippen LogP contribution in [0.1, 0.15) is 38.5 Å². The highest BCUT2D eigenvalue weighted by Crippen LogP contribution is 2.23. The van der Waals surface area contributed by atoms with Crippen molar-refractivity contribution in [2.45, 2.75) is 38.9 Å². The predicted octanol–water partition coefficient (Wildman–Crippen LogP) is 2.51. The number of aliphatic hydroxyl groups is 1. The zero-order valence-corrected chi connectivity index (χ0v) is 11.9. The van der Waals surface area contributed by atoms with Crippen molar-refractivity contribution in [3.8, 4) is 5.69 Å². The molecule has 2 atom stereocenters. The molecule has 0 fully saturated rings. The van der Waals surface area contributed by atoms with Crippen molar-refractivity contribution < 1.29 is 9.84 Å². The van der Waals surface area contributed by atoms with Crippen molar-refractivity contribution in [3.63, 3.8) is 0 Å². The summed E-state index contributed by atoms with van der Waals surface area (Å²) in [6.07, 6.45) is 2.39. The fraction of sp³-hybridized carbons (Fsp3) is 0.467. The summed E-state index contributed by atoms with van der Waals surface area (Å²) in [6, 6.07) is 9.66. The van der Waals surface area contributed by atoms with Crippen LogP contribution >= 0.6 is 0 Å². The Morgan fingerprint density at radius 1 is 1.25 bits per heavy atom. The second-order valence-corrected chi connectivity index (χ2v) is 4.63. The van der Waals surface area contributed by atoms with Gasteiger partial charge in [0, 0.05) is 6.61 Å². The summed E-state index contributed by atoms with van der Waals surface area (Å²) in [4.78, 5) is 0. The number of rotatable bonds is 7. The fourth-order valence-corrected chi connectivity index (χ4v) is 2.24. The minimum Gasteiger partial charge on any atom is -0.384 e. The first-order chi connectivity index (χ1) is 9.77.